The Hall–Kier alpha value is -2.12. The Kier molecular flexibility index (Phi) is 5.53. The summed E-state index contributed by atoms with van der Waals surface area (Å²) in [4.78, 5) is 16.3. The quantitative estimate of drug-likeness (QED) is 0.487. The maximum atomic E-state index is 11.7. The first-order chi connectivity index (χ1) is 10.3. The second-order valence-electron chi connectivity index (χ2n) is 4.47. The van der Waals surface area contributed by atoms with E-state index in [2.05, 4.69) is 9.99 Å². The molecule has 0 radical (unpaired) electrons. The largest absolute Gasteiger partial charge is 0.464 e. The molecular weight excluding hydrogens is 276 g/mol. The van der Waals surface area contributed by atoms with Crippen molar-refractivity contribution in [2.45, 2.75) is 25.6 Å². The van der Waals surface area contributed by atoms with Crippen molar-refractivity contribution in [1.82, 2.24) is 5.48 Å². The van der Waals surface area contributed by atoms with Crippen LogP contribution in [-0.2, 0) is 14.4 Å². The predicted octanol–water partition coefficient (Wildman–Crippen LogP) is 1.45. The van der Waals surface area contributed by atoms with Crippen molar-refractivity contribution >= 4 is 11.6 Å². The molecule has 1 fully saturated rings. The van der Waals surface area contributed by atoms with E-state index < -0.39 is 5.91 Å². The lowest BCUT2D eigenvalue weighted by molar-refractivity contribution is -0.122. The van der Waals surface area contributed by atoms with E-state index in [0.717, 1.165) is 19.3 Å². The molecule has 21 heavy (non-hydrogen) atoms. The van der Waals surface area contributed by atoms with Gasteiger partial charge in [-0.2, -0.15) is 0 Å². The summed E-state index contributed by atoms with van der Waals surface area (Å²) in [6, 6.07) is 6.89. The zero-order valence-electron chi connectivity index (χ0n) is 11.7. The van der Waals surface area contributed by atoms with Crippen molar-refractivity contribution < 1.29 is 24.3 Å². The third kappa shape index (κ3) is 3.93. The molecule has 1 aliphatic rings. The molecule has 0 bridgehead atoms. The fourth-order valence-electron chi connectivity index (χ4n) is 2.07. The summed E-state index contributed by atoms with van der Waals surface area (Å²) in [6.07, 6.45) is 2.49. The van der Waals surface area contributed by atoms with E-state index in [4.69, 9.17) is 14.7 Å². The van der Waals surface area contributed by atoms with Crippen molar-refractivity contribution in [3.8, 4) is 5.75 Å². The number of ether oxygens (including phenoxy) is 2. The average Bonchev–Trinajstić information content (AvgIpc) is 2.54. The average molecular weight is 294 g/mol. The summed E-state index contributed by atoms with van der Waals surface area (Å²) >= 11 is 0. The molecule has 1 unspecified atom stereocenters. The number of hydrogen-bond acceptors (Lipinski definition) is 6. The number of carbonyl (C=O) groups excluding carboxylic acids is 1. The molecule has 1 heterocycles. The van der Waals surface area contributed by atoms with E-state index in [9.17, 15) is 4.79 Å². The van der Waals surface area contributed by atoms with Gasteiger partial charge in [0.15, 0.2) is 12.0 Å². The van der Waals surface area contributed by atoms with Crippen LogP contribution in [0.1, 0.15) is 24.8 Å². The molecule has 2 N–H and O–H groups in total. The summed E-state index contributed by atoms with van der Waals surface area (Å²) in [7, 11) is 1.32. The number of amides is 1. The Bertz CT molecular complexity index is 512. The van der Waals surface area contributed by atoms with Crippen molar-refractivity contribution in [2.75, 3.05) is 13.7 Å². The van der Waals surface area contributed by atoms with Gasteiger partial charge in [0, 0.05) is 6.42 Å². The zero-order chi connectivity index (χ0) is 15.1. The molecule has 1 aliphatic heterocycles. The summed E-state index contributed by atoms with van der Waals surface area (Å²) in [5, 5.41) is 12.4. The first kappa shape index (κ1) is 15.3. The SMILES string of the molecule is CO/N=C(/C(=O)NO)c1ccccc1OC1CCCCO1. The van der Waals surface area contributed by atoms with Gasteiger partial charge in [0.05, 0.1) is 12.2 Å². The molecule has 1 aromatic carbocycles. The van der Waals surface area contributed by atoms with E-state index in [-0.39, 0.29) is 12.0 Å². The van der Waals surface area contributed by atoms with Crippen LogP contribution in [0.2, 0.25) is 0 Å². The molecule has 0 spiro atoms. The Labute approximate surface area is 122 Å². The van der Waals surface area contributed by atoms with Gasteiger partial charge in [-0.05, 0) is 25.0 Å². The van der Waals surface area contributed by atoms with E-state index >= 15 is 0 Å². The van der Waals surface area contributed by atoms with Crippen LogP contribution >= 0.6 is 0 Å². The summed E-state index contributed by atoms with van der Waals surface area (Å²) in [5.74, 6) is -0.332. The van der Waals surface area contributed by atoms with Gasteiger partial charge in [-0.3, -0.25) is 10.0 Å². The van der Waals surface area contributed by atoms with Crippen molar-refractivity contribution in [2.24, 2.45) is 5.16 Å². The summed E-state index contributed by atoms with van der Waals surface area (Å²) in [6.45, 7) is 0.656. The van der Waals surface area contributed by atoms with Crippen LogP contribution in [0.25, 0.3) is 0 Å². The highest BCUT2D eigenvalue weighted by atomic mass is 16.7. The zero-order valence-corrected chi connectivity index (χ0v) is 11.7. The first-order valence-corrected chi connectivity index (χ1v) is 6.69. The smallest absolute Gasteiger partial charge is 0.297 e. The minimum Gasteiger partial charge on any atom is -0.464 e. The number of rotatable bonds is 5. The van der Waals surface area contributed by atoms with Crippen LogP contribution < -0.4 is 10.2 Å². The maximum absolute atomic E-state index is 11.7. The molecular formula is C14H18N2O5. The fraction of sp³-hybridized carbons (Fsp3) is 0.429. The second-order valence-corrected chi connectivity index (χ2v) is 4.47. The van der Waals surface area contributed by atoms with Gasteiger partial charge in [-0.1, -0.05) is 17.3 Å². The van der Waals surface area contributed by atoms with Crippen molar-refractivity contribution in [3.05, 3.63) is 29.8 Å². The number of nitrogens with one attached hydrogen (secondary N) is 1. The van der Waals surface area contributed by atoms with Crippen LogP contribution in [0.3, 0.4) is 0 Å². The van der Waals surface area contributed by atoms with Crippen LogP contribution in [0, 0.1) is 0 Å². The lowest BCUT2D eigenvalue weighted by Crippen LogP contribution is -2.30. The van der Waals surface area contributed by atoms with Crippen LogP contribution in [0.5, 0.6) is 5.75 Å². The van der Waals surface area contributed by atoms with E-state index in [1.807, 2.05) is 0 Å². The topological polar surface area (TPSA) is 89.4 Å². The number of hydroxylamine groups is 1. The highest BCUT2D eigenvalue weighted by Crippen LogP contribution is 2.24. The molecule has 1 atom stereocenters. The number of nitrogens with zero attached hydrogens (tertiary/aromatic N) is 1. The van der Waals surface area contributed by atoms with Gasteiger partial charge in [-0.25, -0.2) is 5.48 Å². The lowest BCUT2D eigenvalue weighted by atomic mass is 10.1. The molecule has 7 nitrogen and oxygen atoms in total. The Morgan fingerprint density at radius 1 is 1.43 bits per heavy atom. The van der Waals surface area contributed by atoms with Crippen LogP contribution in [0.15, 0.2) is 29.4 Å². The third-order valence-corrected chi connectivity index (χ3v) is 3.04. The highest BCUT2D eigenvalue weighted by molar-refractivity contribution is 6.45. The third-order valence-electron chi connectivity index (χ3n) is 3.04. The van der Waals surface area contributed by atoms with Gasteiger partial charge in [0.1, 0.15) is 12.9 Å². The molecule has 0 aromatic heterocycles. The molecule has 0 saturated carbocycles. The van der Waals surface area contributed by atoms with Crippen molar-refractivity contribution in [3.63, 3.8) is 0 Å². The molecule has 1 amide bonds. The van der Waals surface area contributed by atoms with Gasteiger partial charge in [-0.15, -0.1) is 0 Å². The molecule has 0 aliphatic carbocycles. The molecule has 2 rings (SSSR count). The molecule has 1 saturated heterocycles. The molecule has 114 valence electrons. The highest BCUT2D eigenvalue weighted by Gasteiger charge is 2.22. The monoisotopic (exact) mass is 294 g/mol. The minimum atomic E-state index is -0.780. The lowest BCUT2D eigenvalue weighted by Gasteiger charge is -2.24. The number of para-hydroxylation sites is 1. The van der Waals surface area contributed by atoms with Crippen LogP contribution in [-0.4, -0.2) is 36.8 Å². The van der Waals surface area contributed by atoms with E-state index in [1.165, 1.54) is 7.11 Å². The predicted molar refractivity (Wildman–Crippen MR) is 74.1 cm³/mol. The fourth-order valence-corrected chi connectivity index (χ4v) is 2.07. The Morgan fingerprint density at radius 3 is 2.90 bits per heavy atom. The van der Waals surface area contributed by atoms with Crippen molar-refractivity contribution in [1.29, 1.82) is 0 Å². The van der Waals surface area contributed by atoms with Crippen LogP contribution in [0.4, 0.5) is 0 Å². The number of carbonyl (C=O) groups is 1. The van der Waals surface area contributed by atoms with E-state index in [0.29, 0.717) is 17.9 Å². The summed E-state index contributed by atoms with van der Waals surface area (Å²) < 4.78 is 11.3. The number of oxime groups is 1. The number of benzene rings is 1. The molecule has 1 aromatic rings. The van der Waals surface area contributed by atoms with Gasteiger partial charge in [0.25, 0.3) is 5.91 Å². The normalized spacial score (nSPS) is 19.0. The first-order valence-electron chi connectivity index (χ1n) is 6.69. The standard InChI is InChI=1S/C14H18N2O5/c1-19-16-13(14(17)15-18)10-6-2-3-7-11(10)21-12-8-4-5-9-20-12/h2-3,6-7,12,18H,4-5,8-9H2,1H3,(H,15,17)/b16-13+. The van der Waals surface area contributed by atoms with Gasteiger partial charge < -0.3 is 14.3 Å². The Balaban J connectivity index is 2.26. The summed E-state index contributed by atoms with van der Waals surface area (Å²) in [5.41, 5.74) is 1.88. The van der Waals surface area contributed by atoms with Gasteiger partial charge in [0.2, 0.25) is 0 Å². The number of hydrogen-bond donors (Lipinski definition) is 2. The second kappa shape index (κ2) is 7.61. The van der Waals surface area contributed by atoms with E-state index in [1.54, 1.807) is 29.7 Å². The molecule has 7 heteroatoms. The Morgan fingerprint density at radius 2 is 2.24 bits per heavy atom. The maximum Gasteiger partial charge on any atom is 0.297 e. The van der Waals surface area contributed by atoms with Gasteiger partial charge >= 0.3 is 0 Å². The minimum absolute atomic E-state index is 0.0774.